The van der Waals surface area contributed by atoms with Gasteiger partial charge in [0.05, 0.1) is 21.0 Å². The van der Waals surface area contributed by atoms with Crippen LogP contribution in [0.1, 0.15) is 23.5 Å². The van der Waals surface area contributed by atoms with Crippen molar-refractivity contribution in [3.63, 3.8) is 0 Å². The summed E-state index contributed by atoms with van der Waals surface area (Å²) in [5.41, 5.74) is 0. The number of ether oxygens (including phenoxy) is 1. The van der Waals surface area contributed by atoms with Gasteiger partial charge in [0.25, 0.3) is 5.91 Å². The number of esters is 1. The van der Waals surface area contributed by atoms with Crippen molar-refractivity contribution in [1.82, 2.24) is 15.5 Å². The minimum Gasteiger partial charge on any atom is -0.465 e. The van der Waals surface area contributed by atoms with Crippen LogP contribution >= 0.6 is 50.4 Å². The topological polar surface area (TPSA) is 110 Å². The maximum atomic E-state index is 12.2. The Labute approximate surface area is 170 Å². The summed E-state index contributed by atoms with van der Waals surface area (Å²) in [5, 5.41) is 13.2. The van der Waals surface area contributed by atoms with Gasteiger partial charge < -0.3 is 10.1 Å². The summed E-state index contributed by atoms with van der Waals surface area (Å²) in [5.74, 6) is -0.951. The molecule has 0 aliphatic carbocycles. The molecule has 2 rings (SSSR count). The van der Waals surface area contributed by atoms with Crippen molar-refractivity contribution in [2.24, 2.45) is 0 Å². The molecular weight excluding hydrogens is 464 g/mol. The van der Waals surface area contributed by atoms with Crippen molar-refractivity contribution in [3.8, 4) is 0 Å². The zero-order valence-corrected chi connectivity index (χ0v) is 17.8. The van der Waals surface area contributed by atoms with Gasteiger partial charge in [-0.2, -0.15) is 0 Å². The number of nitrogens with zero attached hydrogens (tertiary/aromatic N) is 2. The van der Waals surface area contributed by atoms with Crippen LogP contribution in [0.15, 0.2) is 20.3 Å². The summed E-state index contributed by atoms with van der Waals surface area (Å²) in [4.78, 5) is 36.0. The van der Waals surface area contributed by atoms with E-state index >= 15 is 0 Å². The third-order valence-corrected chi connectivity index (χ3v) is 6.36. The Hall–Kier alpha value is -1.50. The molecule has 26 heavy (non-hydrogen) atoms. The van der Waals surface area contributed by atoms with Gasteiger partial charge in [0.15, 0.2) is 4.34 Å². The highest BCUT2D eigenvalue weighted by Gasteiger charge is 2.19. The molecule has 0 aliphatic rings. The van der Waals surface area contributed by atoms with Gasteiger partial charge in [-0.1, -0.05) is 23.1 Å². The Kier molecular flexibility index (Phi) is 8.00. The number of thioether (sulfide) groups is 1. The minimum atomic E-state index is -0.747. The number of aromatic nitrogens is 2. The van der Waals surface area contributed by atoms with E-state index in [0.29, 0.717) is 21.0 Å². The number of thiophene rings is 1. The molecule has 0 aliphatic heterocycles. The molecule has 0 fully saturated rings. The minimum absolute atomic E-state index is 0.124. The molecular formula is C14H15BrN4O4S3. The molecule has 2 aromatic rings. The second kappa shape index (κ2) is 10.00. The second-order valence-electron chi connectivity index (χ2n) is 4.75. The predicted octanol–water partition coefficient (Wildman–Crippen LogP) is 2.77. The fourth-order valence-electron chi connectivity index (χ4n) is 1.63. The van der Waals surface area contributed by atoms with E-state index in [1.807, 2.05) is 0 Å². The lowest BCUT2D eigenvalue weighted by molar-refractivity contribution is -0.139. The van der Waals surface area contributed by atoms with E-state index in [9.17, 15) is 14.4 Å². The zero-order valence-electron chi connectivity index (χ0n) is 13.8. The Balaban J connectivity index is 1.83. The standard InChI is InChI=1S/C14H15BrN4O4S3/c1-3-23-10(20)6-24-14-19-18-13(26-14)17-11(21)7(2)16-12(22)8-4-5-9(15)25-8/h4-5,7H,3,6H2,1-2H3,(H,16,22)(H,17,18,21). The number of hydrogen-bond acceptors (Lipinski definition) is 9. The Morgan fingerprint density at radius 2 is 2.08 bits per heavy atom. The average Bonchev–Trinajstić information content (AvgIpc) is 3.22. The van der Waals surface area contributed by atoms with Gasteiger partial charge >= 0.3 is 5.97 Å². The van der Waals surface area contributed by atoms with Crippen molar-refractivity contribution in [1.29, 1.82) is 0 Å². The fourth-order valence-corrected chi connectivity index (χ4v) is 4.47. The van der Waals surface area contributed by atoms with E-state index in [1.54, 1.807) is 26.0 Å². The molecule has 0 saturated carbocycles. The summed E-state index contributed by atoms with van der Waals surface area (Å²) in [6.45, 7) is 3.63. The second-order valence-corrected chi connectivity index (χ2v) is 9.42. The van der Waals surface area contributed by atoms with E-state index in [0.717, 1.165) is 15.1 Å². The van der Waals surface area contributed by atoms with Gasteiger partial charge in [-0.05, 0) is 41.9 Å². The van der Waals surface area contributed by atoms with Crippen LogP contribution in [-0.2, 0) is 14.3 Å². The molecule has 2 heterocycles. The fraction of sp³-hybridized carbons (Fsp3) is 0.357. The number of anilines is 1. The normalized spacial score (nSPS) is 11.7. The van der Waals surface area contributed by atoms with Gasteiger partial charge in [0.2, 0.25) is 11.0 Å². The lowest BCUT2D eigenvalue weighted by atomic mass is 10.3. The van der Waals surface area contributed by atoms with Crippen LogP contribution in [0, 0.1) is 0 Å². The van der Waals surface area contributed by atoms with Crippen LogP contribution in [0.4, 0.5) is 5.13 Å². The highest BCUT2D eigenvalue weighted by Crippen LogP contribution is 2.25. The molecule has 12 heteroatoms. The van der Waals surface area contributed by atoms with Crippen molar-refractivity contribution in [2.45, 2.75) is 24.2 Å². The molecule has 1 atom stereocenters. The summed E-state index contributed by atoms with van der Waals surface area (Å²) < 4.78 is 6.20. The summed E-state index contributed by atoms with van der Waals surface area (Å²) >= 11 is 6.89. The number of nitrogens with one attached hydrogen (secondary N) is 2. The number of carbonyl (C=O) groups is 3. The Morgan fingerprint density at radius 3 is 2.73 bits per heavy atom. The Bertz CT molecular complexity index is 795. The maximum absolute atomic E-state index is 12.2. The van der Waals surface area contributed by atoms with Crippen LogP contribution in [-0.4, -0.2) is 46.4 Å². The summed E-state index contributed by atoms with van der Waals surface area (Å²) in [7, 11) is 0. The van der Waals surface area contributed by atoms with Gasteiger partial charge in [-0.3, -0.25) is 19.7 Å². The number of rotatable bonds is 8. The van der Waals surface area contributed by atoms with Crippen LogP contribution in [0.25, 0.3) is 0 Å². The van der Waals surface area contributed by atoms with Gasteiger partial charge in [-0.15, -0.1) is 21.5 Å². The molecule has 1 unspecified atom stereocenters. The van der Waals surface area contributed by atoms with Crippen LogP contribution < -0.4 is 10.6 Å². The van der Waals surface area contributed by atoms with Gasteiger partial charge in [0, 0.05) is 0 Å². The third kappa shape index (κ3) is 6.34. The quantitative estimate of drug-likeness (QED) is 0.340. The number of amides is 2. The third-order valence-electron chi connectivity index (χ3n) is 2.79. The largest absolute Gasteiger partial charge is 0.465 e. The average molecular weight is 479 g/mol. The maximum Gasteiger partial charge on any atom is 0.316 e. The summed E-state index contributed by atoms with van der Waals surface area (Å²) in [6, 6.07) is 2.69. The van der Waals surface area contributed by atoms with Gasteiger partial charge in [-0.25, -0.2) is 0 Å². The molecule has 0 aromatic carbocycles. The van der Waals surface area contributed by atoms with Crippen LogP contribution in [0.5, 0.6) is 0 Å². The van der Waals surface area contributed by atoms with Crippen molar-refractivity contribution < 1.29 is 19.1 Å². The molecule has 0 spiro atoms. The first-order valence-electron chi connectivity index (χ1n) is 7.38. The monoisotopic (exact) mass is 478 g/mol. The molecule has 2 amide bonds. The highest BCUT2D eigenvalue weighted by molar-refractivity contribution is 9.11. The molecule has 0 radical (unpaired) electrons. The first kappa shape index (κ1) is 20.8. The molecule has 8 nitrogen and oxygen atoms in total. The Morgan fingerprint density at radius 1 is 1.31 bits per heavy atom. The highest BCUT2D eigenvalue weighted by atomic mass is 79.9. The molecule has 0 bridgehead atoms. The molecule has 2 N–H and O–H groups in total. The van der Waals surface area contributed by atoms with Crippen molar-refractivity contribution in [3.05, 3.63) is 20.8 Å². The van der Waals surface area contributed by atoms with Crippen LogP contribution in [0.2, 0.25) is 0 Å². The lowest BCUT2D eigenvalue weighted by Crippen LogP contribution is -2.41. The van der Waals surface area contributed by atoms with E-state index in [-0.39, 0.29) is 17.6 Å². The van der Waals surface area contributed by atoms with Crippen molar-refractivity contribution in [2.75, 3.05) is 17.7 Å². The number of carbonyl (C=O) groups excluding carboxylic acids is 3. The molecule has 140 valence electrons. The smallest absolute Gasteiger partial charge is 0.316 e. The van der Waals surface area contributed by atoms with E-state index in [4.69, 9.17) is 4.74 Å². The molecule has 0 saturated heterocycles. The van der Waals surface area contributed by atoms with E-state index in [1.165, 1.54) is 23.1 Å². The van der Waals surface area contributed by atoms with Gasteiger partial charge in [0.1, 0.15) is 6.04 Å². The first-order chi connectivity index (χ1) is 12.4. The molecule has 2 aromatic heterocycles. The SMILES string of the molecule is CCOC(=O)CSc1nnc(NC(=O)C(C)NC(=O)c2ccc(Br)s2)s1. The summed E-state index contributed by atoms with van der Waals surface area (Å²) in [6.07, 6.45) is 0. The van der Waals surface area contributed by atoms with E-state index in [2.05, 4.69) is 36.8 Å². The van der Waals surface area contributed by atoms with E-state index < -0.39 is 11.9 Å². The van der Waals surface area contributed by atoms with Crippen molar-refractivity contribution >= 4 is 73.3 Å². The lowest BCUT2D eigenvalue weighted by Gasteiger charge is -2.11. The van der Waals surface area contributed by atoms with Crippen LogP contribution in [0.3, 0.4) is 0 Å². The number of halogens is 1. The number of hydrogen-bond donors (Lipinski definition) is 2. The zero-order chi connectivity index (χ0) is 19.1. The predicted molar refractivity (Wildman–Crippen MR) is 105 cm³/mol. The first-order valence-corrected chi connectivity index (χ1v) is 10.8.